The lowest BCUT2D eigenvalue weighted by atomic mass is 9.65. The van der Waals surface area contributed by atoms with E-state index in [2.05, 4.69) is 60.2 Å². The van der Waals surface area contributed by atoms with Gasteiger partial charge >= 0.3 is 0 Å². The van der Waals surface area contributed by atoms with E-state index in [0.29, 0.717) is 5.41 Å². The molecule has 1 fully saturated rings. The molecule has 0 radical (unpaired) electrons. The fourth-order valence-corrected chi connectivity index (χ4v) is 3.40. The summed E-state index contributed by atoms with van der Waals surface area (Å²) >= 11 is 1.76. The van der Waals surface area contributed by atoms with Crippen LogP contribution in [0, 0.1) is 5.41 Å². The van der Waals surface area contributed by atoms with E-state index >= 15 is 0 Å². The van der Waals surface area contributed by atoms with Gasteiger partial charge < -0.3 is 10.2 Å². The van der Waals surface area contributed by atoms with Crippen LogP contribution in [0.3, 0.4) is 0 Å². The lowest BCUT2D eigenvalue weighted by Gasteiger charge is -2.62. The lowest BCUT2D eigenvalue weighted by molar-refractivity contribution is -0.0666. The normalized spacial score (nSPS) is 19.4. The van der Waals surface area contributed by atoms with E-state index in [9.17, 15) is 0 Å². The molecule has 1 aliphatic heterocycles. The third-order valence-electron chi connectivity index (χ3n) is 4.92. The van der Waals surface area contributed by atoms with Gasteiger partial charge in [0.05, 0.1) is 10.7 Å². The van der Waals surface area contributed by atoms with Gasteiger partial charge in [0.1, 0.15) is 0 Å². The Morgan fingerprint density at radius 2 is 2.09 bits per heavy atom. The molecule has 0 aromatic carbocycles. The van der Waals surface area contributed by atoms with Crippen molar-refractivity contribution in [1.82, 2.24) is 15.2 Å². The Kier molecular flexibility index (Phi) is 6.68. The summed E-state index contributed by atoms with van der Waals surface area (Å²) in [4.78, 5) is 11.4. The molecule has 126 valence electrons. The second kappa shape index (κ2) is 7.47. The number of halogens is 1. The van der Waals surface area contributed by atoms with Gasteiger partial charge in [-0.2, -0.15) is 0 Å². The first kappa shape index (κ1) is 19.7. The van der Waals surface area contributed by atoms with Gasteiger partial charge in [-0.3, -0.25) is 4.99 Å². The summed E-state index contributed by atoms with van der Waals surface area (Å²) in [5.41, 5.74) is 1.66. The smallest absolute Gasteiger partial charge is 0.194 e. The molecule has 1 aromatic heterocycles. The van der Waals surface area contributed by atoms with Crippen LogP contribution in [0.4, 0.5) is 0 Å². The van der Waals surface area contributed by atoms with Crippen LogP contribution in [0.2, 0.25) is 0 Å². The molecule has 0 saturated carbocycles. The predicted octanol–water partition coefficient (Wildman–Crippen LogP) is 3.56. The van der Waals surface area contributed by atoms with Gasteiger partial charge in [-0.05, 0) is 20.3 Å². The zero-order valence-corrected chi connectivity index (χ0v) is 17.7. The molecule has 0 unspecified atom stereocenters. The highest BCUT2D eigenvalue weighted by molar-refractivity contribution is 14.0. The first-order valence-corrected chi connectivity index (χ1v) is 8.61. The van der Waals surface area contributed by atoms with Crippen LogP contribution in [-0.2, 0) is 12.8 Å². The molecule has 1 aliphatic rings. The van der Waals surface area contributed by atoms with Crippen molar-refractivity contribution in [2.45, 2.75) is 53.0 Å². The number of thiazole rings is 1. The largest absolute Gasteiger partial charge is 0.356 e. The SMILES string of the molecule is CCc1nc(CCNC(=NC)N2CC(C)(C)C2(C)C)cs1.I. The van der Waals surface area contributed by atoms with E-state index in [1.165, 1.54) is 10.7 Å². The van der Waals surface area contributed by atoms with Crippen LogP contribution >= 0.6 is 35.3 Å². The topological polar surface area (TPSA) is 40.5 Å². The van der Waals surface area contributed by atoms with Crippen molar-refractivity contribution in [2.24, 2.45) is 10.4 Å². The van der Waals surface area contributed by atoms with E-state index in [4.69, 9.17) is 0 Å². The van der Waals surface area contributed by atoms with Crippen LogP contribution in [0.15, 0.2) is 10.4 Å². The summed E-state index contributed by atoms with van der Waals surface area (Å²) in [7, 11) is 1.86. The quantitative estimate of drug-likeness (QED) is 0.446. The molecule has 0 spiro atoms. The molecule has 2 heterocycles. The number of aromatic nitrogens is 1. The molecule has 2 rings (SSSR count). The monoisotopic (exact) mass is 436 g/mol. The third-order valence-corrected chi connectivity index (χ3v) is 5.96. The molecule has 22 heavy (non-hydrogen) atoms. The van der Waals surface area contributed by atoms with Crippen molar-refractivity contribution in [1.29, 1.82) is 0 Å². The summed E-state index contributed by atoms with van der Waals surface area (Å²) in [5.74, 6) is 1.00. The van der Waals surface area contributed by atoms with Gasteiger partial charge in [-0.25, -0.2) is 4.98 Å². The number of hydrogen-bond acceptors (Lipinski definition) is 3. The molecule has 0 atom stereocenters. The maximum atomic E-state index is 4.61. The Morgan fingerprint density at radius 1 is 1.41 bits per heavy atom. The number of aliphatic imine (C=N–C) groups is 1. The molecule has 4 nitrogen and oxygen atoms in total. The van der Waals surface area contributed by atoms with E-state index < -0.39 is 0 Å². The first-order chi connectivity index (χ1) is 9.81. The Labute approximate surface area is 155 Å². The van der Waals surface area contributed by atoms with E-state index in [-0.39, 0.29) is 29.5 Å². The van der Waals surface area contributed by atoms with Gasteiger partial charge in [0.15, 0.2) is 5.96 Å². The predicted molar refractivity (Wildman–Crippen MR) is 107 cm³/mol. The molecule has 0 amide bonds. The lowest BCUT2D eigenvalue weighted by Crippen LogP contribution is -2.72. The van der Waals surface area contributed by atoms with Gasteiger partial charge in [0.2, 0.25) is 0 Å². The number of nitrogens with zero attached hydrogens (tertiary/aromatic N) is 3. The van der Waals surface area contributed by atoms with Crippen molar-refractivity contribution in [3.8, 4) is 0 Å². The van der Waals surface area contributed by atoms with Crippen LogP contribution < -0.4 is 5.32 Å². The number of aryl methyl sites for hydroxylation is 1. The van der Waals surface area contributed by atoms with Gasteiger partial charge in [-0.1, -0.05) is 20.8 Å². The zero-order chi connectivity index (χ0) is 15.7. The Morgan fingerprint density at radius 3 is 2.55 bits per heavy atom. The Hall–Kier alpha value is -0.370. The van der Waals surface area contributed by atoms with E-state index in [1.807, 2.05) is 7.05 Å². The minimum absolute atomic E-state index is 0. The average Bonchev–Trinajstić information content (AvgIpc) is 2.89. The van der Waals surface area contributed by atoms with E-state index in [0.717, 1.165) is 31.9 Å². The molecule has 1 N–H and O–H groups in total. The summed E-state index contributed by atoms with van der Waals surface area (Å²) in [6.45, 7) is 13.3. The average molecular weight is 436 g/mol. The van der Waals surface area contributed by atoms with Crippen molar-refractivity contribution >= 4 is 41.3 Å². The number of hydrogen-bond donors (Lipinski definition) is 1. The highest BCUT2D eigenvalue weighted by Crippen LogP contribution is 2.46. The van der Waals surface area contributed by atoms with Crippen LogP contribution in [0.1, 0.15) is 45.3 Å². The highest BCUT2D eigenvalue weighted by atomic mass is 127. The highest BCUT2D eigenvalue weighted by Gasteiger charge is 2.53. The van der Waals surface area contributed by atoms with Crippen molar-refractivity contribution in [2.75, 3.05) is 20.1 Å². The summed E-state index contributed by atoms with van der Waals surface area (Å²) in [5, 5.41) is 6.87. The van der Waals surface area contributed by atoms with Gasteiger partial charge in [0, 0.05) is 42.9 Å². The second-order valence-electron chi connectivity index (χ2n) is 6.84. The molecule has 1 aromatic rings. The summed E-state index contributed by atoms with van der Waals surface area (Å²) in [6, 6.07) is 0. The Balaban J connectivity index is 0.00000242. The van der Waals surface area contributed by atoms with E-state index in [1.54, 1.807) is 11.3 Å². The minimum Gasteiger partial charge on any atom is -0.356 e. The van der Waals surface area contributed by atoms with Gasteiger partial charge in [0.25, 0.3) is 0 Å². The Bertz CT molecular complexity index is 522. The molecule has 6 heteroatoms. The number of guanidine groups is 1. The third kappa shape index (κ3) is 3.75. The number of likely N-dealkylation sites (tertiary alicyclic amines) is 1. The van der Waals surface area contributed by atoms with Crippen LogP contribution in [0.25, 0.3) is 0 Å². The number of rotatable bonds is 4. The summed E-state index contributed by atoms with van der Waals surface area (Å²) in [6.07, 6.45) is 1.98. The molecular weight excluding hydrogens is 407 g/mol. The molecule has 1 saturated heterocycles. The molecule has 0 bridgehead atoms. The van der Waals surface area contributed by atoms with Crippen molar-refractivity contribution in [3.63, 3.8) is 0 Å². The maximum absolute atomic E-state index is 4.61. The fraction of sp³-hybridized carbons (Fsp3) is 0.750. The minimum atomic E-state index is 0. The van der Waals surface area contributed by atoms with Gasteiger partial charge in [-0.15, -0.1) is 35.3 Å². The fourth-order valence-electron chi connectivity index (χ4n) is 2.62. The van der Waals surface area contributed by atoms with Crippen molar-refractivity contribution in [3.05, 3.63) is 16.1 Å². The zero-order valence-electron chi connectivity index (χ0n) is 14.6. The molecule has 0 aliphatic carbocycles. The molecular formula is C16H29IN4S. The van der Waals surface area contributed by atoms with Crippen LogP contribution in [-0.4, -0.2) is 41.5 Å². The van der Waals surface area contributed by atoms with Crippen LogP contribution in [0.5, 0.6) is 0 Å². The standard InChI is InChI=1S/C16H28N4S.HI/c1-7-13-19-12(10-21-13)8-9-18-14(17-6)20-11-15(2,3)16(20,4)5;/h10H,7-9,11H2,1-6H3,(H,17,18);1H. The number of nitrogens with one attached hydrogen (secondary N) is 1. The first-order valence-electron chi connectivity index (χ1n) is 7.73. The summed E-state index contributed by atoms with van der Waals surface area (Å²) < 4.78 is 0. The van der Waals surface area contributed by atoms with Crippen molar-refractivity contribution < 1.29 is 0 Å². The second-order valence-corrected chi connectivity index (χ2v) is 7.78. The maximum Gasteiger partial charge on any atom is 0.194 e.